The topological polar surface area (TPSA) is 20.2 Å². The van der Waals surface area contributed by atoms with Crippen LogP contribution in [0.5, 0.6) is 0 Å². The molecule has 0 aliphatic heterocycles. The normalized spacial score (nSPS) is 3.60. The largest absolute Gasteiger partial charge is 0.397 e. The lowest BCUT2D eigenvalue weighted by atomic mass is 10.9. The first kappa shape index (κ1) is 17.7. The summed E-state index contributed by atoms with van der Waals surface area (Å²) in [4.78, 5) is 0. The monoisotopic (exact) mass is 118 g/mol. The second-order valence-corrected chi connectivity index (χ2v) is 0.316. The van der Waals surface area contributed by atoms with Crippen LogP contribution in [0.4, 0.5) is 0 Å². The van der Waals surface area contributed by atoms with Crippen molar-refractivity contribution in [1.29, 1.82) is 0 Å². The van der Waals surface area contributed by atoms with Crippen LogP contribution in [0.3, 0.4) is 0 Å². The number of hydrogen-bond donors (Lipinski definition) is 1. The molecular weight excluding hydrogens is 111 g/mol. The fraction of sp³-hybridized carbons (Fsp3) is 1.00. The SMILES string of the molecule is CCO.Cl.Cl. The van der Waals surface area contributed by atoms with Gasteiger partial charge in [-0.2, -0.15) is 0 Å². The Bertz CT molecular complexity index is 7.61. The molecule has 0 spiro atoms. The minimum atomic E-state index is 0. The highest BCUT2D eigenvalue weighted by Gasteiger charge is 1.34. The molecule has 0 bridgehead atoms. The highest BCUT2D eigenvalue weighted by molar-refractivity contribution is 5.85. The number of aliphatic hydroxyl groups is 1. The van der Waals surface area contributed by atoms with Crippen molar-refractivity contribution >= 4 is 24.8 Å². The summed E-state index contributed by atoms with van der Waals surface area (Å²) < 4.78 is 0. The lowest BCUT2D eigenvalue weighted by molar-refractivity contribution is 0.318. The number of rotatable bonds is 0. The minimum absolute atomic E-state index is 0. The maximum atomic E-state index is 7.57. The quantitative estimate of drug-likeness (QED) is 0.501. The van der Waals surface area contributed by atoms with Gasteiger partial charge in [-0.1, -0.05) is 0 Å². The molecule has 36 valence electrons. The number of hydrogen-bond acceptors (Lipinski definition) is 1. The van der Waals surface area contributed by atoms with Gasteiger partial charge in [-0.15, -0.1) is 24.8 Å². The standard InChI is InChI=1S/C2H6O.2ClH/c1-2-3;;/h3H,2H2,1H3;2*1H. The predicted octanol–water partition coefficient (Wildman–Crippen LogP) is 0.842. The first-order valence-corrected chi connectivity index (χ1v) is 1.02. The first-order chi connectivity index (χ1) is 1.41. The zero-order chi connectivity index (χ0) is 2.71. The fourth-order valence-corrected chi connectivity index (χ4v) is 0. The van der Waals surface area contributed by atoms with Crippen LogP contribution in [0.15, 0.2) is 0 Å². The van der Waals surface area contributed by atoms with E-state index in [0.717, 1.165) is 0 Å². The van der Waals surface area contributed by atoms with Gasteiger partial charge in [0.2, 0.25) is 0 Å². The van der Waals surface area contributed by atoms with Crippen LogP contribution >= 0.6 is 24.8 Å². The van der Waals surface area contributed by atoms with Gasteiger partial charge in [-0.05, 0) is 6.92 Å². The van der Waals surface area contributed by atoms with Gasteiger partial charge >= 0.3 is 0 Å². The summed E-state index contributed by atoms with van der Waals surface area (Å²) in [7, 11) is 0. The van der Waals surface area contributed by atoms with E-state index in [1.807, 2.05) is 0 Å². The molecule has 0 heterocycles. The van der Waals surface area contributed by atoms with Crippen LogP contribution in [-0.2, 0) is 0 Å². The molecule has 0 aromatic heterocycles. The molecule has 0 unspecified atom stereocenters. The molecule has 0 radical (unpaired) electrons. The van der Waals surface area contributed by atoms with E-state index < -0.39 is 0 Å². The summed E-state index contributed by atoms with van der Waals surface area (Å²) in [6.45, 7) is 1.93. The van der Waals surface area contributed by atoms with Crippen molar-refractivity contribution in [2.45, 2.75) is 6.92 Å². The zero-order valence-electron chi connectivity index (χ0n) is 2.97. The average Bonchev–Trinajstić information content (AvgIpc) is 0.918. The van der Waals surface area contributed by atoms with E-state index in [1.54, 1.807) is 6.92 Å². The first-order valence-electron chi connectivity index (χ1n) is 1.02. The van der Waals surface area contributed by atoms with E-state index in [1.165, 1.54) is 0 Å². The van der Waals surface area contributed by atoms with Gasteiger partial charge in [-0.3, -0.25) is 0 Å². The Balaban J connectivity index is -0.0000000200. The van der Waals surface area contributed by atoms with E-state index in [2.05, 4.69) is 0 Å². The Morgan fingerprint density at radius 3 is 1.40 bits per heavy atom. The molecule has 0 rings (SSSR count). The third-order valence-corrected chi connectivity index (χ3v) is 0. The van der Waals surface area contributed by atoms with Crippen LogP contribution in [0.2, 0.25) is 0 Å². The zero-order valence-corrected chi connectivity index (χ0v) is 4.60. The number of halogens is 2. The minimum Gasteiger partial charge on any atom is -0.397 e. The average molecular weight is 119 g/mol. The van der Waals surface area contributed by atoms with Crippen molar-refractivity contribution in [3.05, 3.63) is 0 Å². The Morgan fingerprint density at radius 1 is 1.40 bits per heavy atom. The van der Waals surface area contributed by atoms with Crippen LogP contribution in [-0.4, -0.2) is 11.7 Å². The van der Waals surface area contributed by atoms with Crippen molar-refractivity contribution in [2.75, 3.05) is 6.61 Å². The molecule has 1 N–H and O–H groups in total. The maximum absolute atomic E-state index is 7.57. The molecule has 1 nitrogen and oxygen atoms in total. The molecule has 3 heteroatoms. The predicted molar refractivity (Wildman–Crippen MR) is 27.3 cm³/mol. The van der Waals surface area contributed by atoms with Crippen molar-refractivity contribution in [3.8, 4) is 0 Å². The van der Waals surface area contributed by atoms with Gasteiger partial charge in [0.1, 0.15) is 0 Å². The molecule has 0 aromatic rings. The van der Waals surface area contributed by atoms with E-state index in [9.17, 15) is 0 Å². The Kier molecular flexibility index (Phi) is 84.9. The molecule has 0 saturated heterocycles. The summed E-state index contributed by atoms with van der Waals surface area (Å²) in [6.07, 6.45) is 0. The molecule has 0 aliphatic carbocycles. The van der Waals surface area contributed by atoms with Gasteiger partial charge in [0, 0.05) is 6.61 Å². The van der Waals surface area contributed by atoms with E-state index >= 15 is 0 Å². The van der Waals surface area contributed by atoms with Gasteiger partial charge in [0.15, 0.2) is 0 Å². The molecule has 0 fully saturated rings. The second kappa shape index (κ2) is 24.0. The highest BCUT2D eigenvalue weighted by atomic mass is 35.5. The summed E-state index contributed by atoms with van der Waals surface area (Å²) >= 11 is 0. The number of aliphatic hydroxyl groups excluding tert-OH is 1. The summed E-state index contributed by atoms with van der Waals surface area (Å²) in [5.41, 5.74) is 0. The Morgan fingerprint density at radius 2 is 1.40 bits per heavy atom. The molecule has 0 amide bonds. The lowest BCUT2D eigenvalue weighted by Crippen LogP contribution is -1.57. The third-order valence-electron chi connectivity index (χ3n) is 0. The van der Waals surface area contributed by atoms with Crippen molar-refractivity contribution in [3.63, 3.8) is 0 Å². The van der Waals surface area contributed by atoms with Crippen LogP contribution < -0.4 is 0 Å². The van der Waals surface area contributed by atoms with Gasteiger partial charge < -0.3 is 5.11 Å². The summed E-state index contributed by atoms with van der Waals surface area (Å²) in [5, 5.41) is 7.57. The molecule has 0 aliphatic rings. The molecule has 0 aromatic carbocycles. The van der Waals surface area contributed by atoms with Crippen LogP contribution in [0, 0.1) is 0 Å². The molecule has 5 heavy (non-hydrogen) atoms. The summed E-state index contributed by atoms with van der Waals surface area (Å²) in [6, 6.07) is 0. The van der Waals surface area contributed by atoms with Gasteiger partial charge in [-0.25, -0.2) is 0 Å². The van der Waals surface area contributed by atoms with Gasteiger partial charge in [0.25, 0.3) is 0 Å². The highest BCUT2D eigenvalue weighted by Crippen LogP contribution is 1.30. The van der Waals surface area contributed by atoms with Crippen LogP contribution in [0.25, 0.3) is 0 Å². The Labute approximate surface area is 44.2 Å². The maximum Gasteiger partial charge on any atom is 0.0402 e. The van der Waals surface area contributed by atoms with Gasteiger partial charge in [0.05, 0.1) is 0 Å². The lowest BCUT2D eigenvalue weighted by Gasteiger charge is -1.52. The fourth-order valence-electron chi connectivity index (χ4n) is 0. The van der Waals surface area contributed by atoms with E-state index in [4.69, 9.17) is 5.11 Å². The summed E-state index contributed by atoms with van der Waals surface area (Å²) in [5.74, 6) is 0. The van der Waals surface area contributed by atoms with E-state index in [0.29, 0.717) is 0 Å². The molecule has 0 saturated carbocycles. The van der Waals surface area contributed by atoms with Crippen LogP contribution in [0.1, 0.15) is 6.92 Å². The van der Waals surface area contributed by atoms with Crippen molar-refractivity contribution in [2.24, 2.45) is 0 Å². The Hall–Kier alpha value is 0.540. The third kappa shape index (κ3) is 100. The van der Waals surface area contributed by atoms with Crippen molar-refractivity contribution in [1.82, 2.24) is 0 Å². The second-order valence-electron chi connectivity index (χ2n) is 0.316. The smallest absolute Gasteiger partial charge is 0.0402 e. The molecule has 0 atom stereocenters. The molecular formula is C2H8Cl2O. The van der Waals surface area contributed by atoms with E-state index in [-0.39, 0.29) is 31.4 Å². The van der Waals surface area contributed by atoms with Crippen molar-refractivity contribution < 1.29 is 5.11 Å².